The Bertz CT molecular complexity index is 269. The van der Waals surface area contributed by atoms with Gasteiger partial charge in [-0.2, -0.15) is 0 Å². The summed E-state index contributed by atoms with van der Waals surface area (Å²) in [5.74, 6) is -0.196. The summed E-state index contributed by atoms with van der Waals surface area (Å²) in [6.07, 6.45) is -0.102. The lowest BCUT2D eigenvalue weighted by Crippen LogP contribution is -2.06. The molecular weight excluding hydrogens is 155 g/mol. The number of aliphatic hydroxyl groups is 1. The lowest BCUT2D eigenvalue weighted by molar-refractivity contribution is 0.194. The van der Waals surface area contributed by atoms with Gasteiger partial charge in [0.05, 0.1) is 6.10 Å². The molecule has 0 radical (unpaired) electrons. The minimum Gasteiger partial charge on any atom is -0.393 e. The zero-order chi connectivity index (χ0) is 9.14. The number of rotatable bonds is 2. The van der Waals surface area contributed by atoms with Crippen LogP contribution in [0.2, 0.25) is 0 Å². The molecule has 0 bridgehead atoms. The van der Waals surface area contributed by atoms with Gasteiger partial charge < -0.3 is 5.11 Å². The zero-order valence-electron chi connectivity index (χ0n) is 7.34. The van der Waals surface area contributed by atoms with Crippen molar-refractivity contribution in [3.63, 3.8) is 0 Å². The number of hydrogen-bond acceptors (Lipinski definition) is 1. The van der Waals surface area contributed by atoms with Gasteiger partial charge in [-0.05, 0) is 25.0 Å². The number of hydrogen-bond donors (Lipinski definition) is 1. The molecule has 12 heavy (non-hydrogen) atoms. The molecule has 1 atom stereocenters. The van der Waals surface area contributed by atoms with Crippen molar-refractivity contribution in [2.75, 3.05) is 0 Å². The van der Waals surface area contributed by atoms with Gasteiger partial charge in [0, 0.05) is 6.42 Å². The Morgan fingerprint density at radius 1 is 1.50 bits per heavy atom. The average molecular weight is 168 g/mol. The molecule has 0 aliphatic carbocycles. The molecular formula is C10H13FO. The van der Waals surface area contributed by atoms with Gasteiger partial charge in [0.2, 0.25) is 0 Å². The minimum atomic E-state index is -0.485. The third kappa shape index (κ3) is 2.05. The smallest absolute Gasteiger partial charge is 0.129 e. The van der Waals surface area contributed by atoms with Gasteiger partial charge in [0.1, 0.15) is 5.82 Å². The van der Waals surface area contributed by atoms with Crippen LogP contribution in [-0.4, -0.2) is 11.2 Å². The Morgan fingerprint density at radius 2 is 2.17 bits per heavy atom. The molecule has 0 saturated heterocycles. The number of halogens is 1. The average Bonchev–Trinajstić information content (AvgIpc) is 1.98. The van der Waals surface area contributed by atoms with Crippen molar-refractivity contribution >= 4 is 0 Å². The standard InChI is InChI=1S/C10H13FO/c1-7-4-3-5-9(10(7)11)6-8(2)12/h3-5,8,12H,6H2,1-2H3. The Hall–Kier alpha value is -0.890. The lowest BCUT2D eigenvalue weighted by atomic mass is 10.1. The van der Waals surface area contributed by atoms with Crippen molar-refractivity contribution in [3.8, 4) is 0 Å². The van der Waals surface area contributed by atoms with Gasteiger partial charge in [-0.25, -0.2) is 4.39 Å². The summed E-state index contributed by atoms with van der Waals surface area (Å²) in [5, 5.41) is 9.05. The fourth-order valence-electron chi connectivity index (χ4n) is 1.18. The highest BCUT2D eigenvalue weighted by molar-refractivity contribution is 5.25. The van der Waals surface area contributed by atoms with Crippen LogP contribution in [0.4, 0.5) is 4.39 Å². The first kappa shape index (κ1) is 9.20. The van der Waals surface area contributed by atoms with Gasteiger partial charge >= 0.3 is 0 Å². The molecule has 66 valence electrons. The predicted octanol–water partition coefficient (Wildman–Crippen LogP) is 2.06. The van der Waals surface area contributed by atoms with E-state index in [9.17, 15) is 4.39 Å². The minimum absolute atomic E-state index is 0.196. The first-order chi connectivity index (χ1) is 5.61. The summed E-state index contributed by atoms with van der Waals surface area (Å²) >= 11 is 0. The molecule has 1 nitrogen and oxygen atoms in total. The number of aliphatic hydroxyl groups excluding tert-OH is 1. The van der Waals surface area contributed by atoms with Crippen LogP contribution in [0.15, 0.2) is 18.2 Å². The van der Waals surface area contributed by atoms with E-state index in [0.717, 1.165) is 0 Å². The van der Waals surface area contributed by atoms with Crippen LogP contribution in [0, 0.1) is 12.7 Å². The lowest BCUT2D eigenvalue weighted by Gasteiger charge is -2.06. The van der Waals surface area contributed by atoms with Crippen LogP contribution in [0.3, 0.4) is 0 Å². The molecule has 0 aliphatic rings. The van der Waals surface area contributed by atoms with Crippen molar-refractivity contribution in [2.45, 2.75) is 26.4 Å². The highest BCUT2D eigenvalue weighted by Gasteiger charge is 2.06. The SMILES string of the molecule is Cc1cccc(CC(C)O)c1F. The maximum atomic E-state index is 13.3. The molecule has 0 aliphatic heterocycles. The first-order valence-corrected chi connectivity index (χ1v) is 4.03. The van der Waals surface area contributed by atoms with Gasteiger partial charge in [0.25, 0.3) is 0 Å². The van der Waals surface area contributed by atoms with Gasteiger partial charge in [-0.15, -0.1) is 0 Å². The monoisotopic (exact) mass is 168 g/mol. The normalized spacial score (nSPS) is 13.0. The molecule has 0 heterocycles. The third-order valence-corrected chi connectivity index (χ3v) is 1.79. The van der Waals surface area contributed by atoms with E-state index < -0.39 is 6.10 Å². The van der Waals surface area contributed by atoms with E-state index in [-0.39, 0.29) is 5.82 Å². The summed E-state index contributed by atoms with van der Waals surface area (Å²) in [6, 6.07) is 5.23. The molecule has 1 aromatic rings. The molecule has 1 rings (SSSR count). The van der Waals surface area contributed by atoms with E-state index in [0.29, 0.717) is 17.5 Å². The predicted molar refractivity (Wildman–Crippen MR) is 46.5 cm³/mol. The van der Waals surface area contributed by atoms with Crippen molar-refractivity contribution in [1.82, 2.24) is 0 Å². The fourth-order valence-corrected chi connectivity index (χ4v) is 1.18. The molecule has 1 unspecified atom stereocenters. The fraction of sp³-hybridized carbons (Fsp3) is 0.400. The van der Waals surface area contributed by atoms with Crippen molar-refractivity contribution in [1.29, 1.82) is 0 Å². The maximum absolute atomic E-state index is 13.3. The van der Waals surface area contributed by atoms with Crippen molar-refractivity contribution < 1.29 is 9.50 Å². The van der Waals surface area contributed by atoms with E-state index in [1.54, 1.807) is 32.0 Å². The molecule has 0 spiro atoms. The van der Waals surface area contributed by atoms with Gasteiger partial charge in [0.15, 0.2) is 0 Å². The topological polar surface area (TPSA) is 20.2 Å². The summed E-state index contributed by atoms with van der Waals surface area (Å²) in [4.78, 5) is 0. The highest BCUT2D eigenvalue weighted by atomic mass is 19.1. The Labute approximate surface area is 71.9 Å². The van der Waals surface area contributed by atoms with Crippen molar-refractivity contribution in [3.05, 3.63) is 35.1 Å². The largest absolute Gasteiger partial charge is 0.393 e. The van der Waals surface area contributed by atoms with Crippen LogP contribution >= 0.6 is 0 Å². The van der Waals surface area contributed by atoms with Crippen LogP contribution in [-0.2, 0) is 6.42 Å². The first-order valence-electron chi connectivity index (χ1n) is 4.03. The molecule has 1 N–H and O–H groups in total. The van der Waals surface area contributed by atoms with Crippen molar-refractivity contribution in [2.24, 2.45) is 0 Å². The quantitative estimate of drug-likeness (QED) is 0.716. The Balaban J connectivity index is 2.92. The van der Waals surface area contributed by atoms with E-state index in [1.807, 2.05) is 0 Å². The van der Waals surface area contributed by atoms with Crippen LogP contribution in [0.5, 0.6) is 0 Å². The summed E-state index contributed by atoms with van der Waals surface area (Å²) in [7, 11) is 0. The second kappa shape index (κ2) is 3.68. The second-order valence-corrected chi connectivity index (χ2v) is 3.10. The second-order valence-electron chi connectivity index (χ2n) is 3.10. The number of benzene rings is 1. The maximum Gasteiger partial charge on any atom is 0.129 e. The summed E-state index contributed by atoms with van der Waals surface area (Å²) in [5.41, 5.74) is 1.22. The summed E-state index contributed by atoms with van der Waals surface area (Å²) < 4.78 is 13.3. The van der Waals surface area contributed by atoms with E-state index in [1.165, 1.54) is 0 Å². The van der Waals surface area contributed by atoms with E-state index >= 15 is 0 Å². The highest BCUT2D eigenvalue weighted by Crippen LogP contribution is 2.13. The van der Waals surface area contributed by atoms with Gasteiger partial charge in [-0.3, -0.25) is 0 Å². The summed E-state index contributed by atoms with van der Waals surface area (Å²) in [6.45, 7) is 3.38. The zero-order valence-corrected chi connectivity index (χ0v) is 7.34. The third-order valence-electron chi connectivity index (χ3n) is 1.79. The molecule has 0 aromatic heterocycles. The molecule has 2 heteroatoms. The molecule has 0 fully saturated rings. The number of aryl methyl sites for hydroxylation is 1. The molecule has 0 amide bonds. The van der Waals surface area contributed by atoms with Crippen LogP contribution in [0.1, 0.15) is 18.1 Å². The van der Waals surface area contributed by atoms with Crippen LogP contribution in [0.25, 0.3) is 0 Å². The Kier molecular flexibility index (Phi) is 2.82. The van der Waals surface area contributed by atoms with E-state index in [4.69, 9.17) is 5.11 Å². The van der Waals surface area contributed by atoms with Gasteiger partial charge in [-0.1, -0.05) is 18.2 Å². The Morgan fingerprint density at radius 3 is 2.75 bits per heavy atom. The van der Waals surface area contributed by atoms with E-state index in [2.05, 4.69) is 0 Å². The molecule has 1 aromatic carbocycles. The van der Waals surface area contributed by atoms with Crippen LogP contribution < -0.4 is 0 Å². The molecule has 0 saturated carbocycles.